The highest BCUT2D eigenvalue weighted by atomic mass is 32.1. The molecule has 0 spiro atoms. The van der Waals surface area contributed by atoms with Crippen molar-refractivity contribution in [2.45, 2.75) is 91.0 Å². The van der Waals surface area contributed by atoms with E-state index in [4.69, 9.17) is 36.3 Å². The first-order chi connectivity index (χ1) is 16.8. The van der Waals surface area contributed by atoms with Gasteiger partial charge in [-0.05, 0) is 57.1 Å². The summed E-state index contributed by atoms with van der Waals surface area (Å²) >= 11 is 5.48. The Bertz CT molecular complexity index is 1160. The maximum absolute atomic E-state index is 8.74. The van der Waals surface area contributed by atoms with Crippen LogP contribution < -0.4 is 9.16 Å². The second-order valence-corrected chi connectivity index (χ2v) is 22.3. The Hall–Kier alpha value is -2.55. The molecule has 0 fully saturated rings. The predicted molar refractivity (Wildman–Crippen MR) is 161 cm³/mol. The molecule has 1 unspecified atom stereocenters. The zero-order valence-electron chi connectivity index (χ0n) is 24.1. The predicted octanol–water partition coefficient (Wildman–Crippen LogP) is 7.77. The van der Waals surface area contributed by atoms with E-state index in [0.29, 0.717) is 17.2 Å². The third-order valence-corrected chi connectivity index (χ3v) is 11.1. The Morgan fingerprint density at radius 2 is 1.57 bits per heavy atom. The molecule has 1 aromatic carbocycles. The van der Waals surface area contributed by atoms with Gasteiger partial charge in [0.05, 0.1) is 0 Å². The van der Waals surface area contributed by atoms with Crippen LogP contribution in [0.2, 0.25) is 37.8 Å². The van der Waals surface area contributed by atoms with Crippen molar-refractivity contribution in [3.05, 3.63) is 48.3 Å². The molecule has 0 aliphatic heterocycles. The van der Waals surface area contributed by atoms with E-state index in [-0.39, 0.29) is 16.3 Å². The van der Waals surface area contributed by atoms with Gasteiger partial charge in [0.15, 0.2) is 0 Å². The molecule has 6 nitrogen and oxygen atoms in total. The van der Waals surface area contributed by atoms with Gasteiger partial charge in [-0.2, -0.15) is 0 Å². The molecule has 1 atom stereocenters. The normalized spacial score (nSPS) is 13.2. The number of ether oxygens (including phenoxy) is 3. The Morgan fingerprint density at radius 3 is 2.08 bits per heavy atom. The zero-order valence-corrected chi connectivity index (χ0v) is 26.9. The molecule has 1 heterocycles. The Labute approximate surface area is 230 Å². The molecule has 202 valence electrons. The Kier molecular flexibility index (Phi) is 9.50. The van der Waals surface area contributed by atoms with Crippen molar-refractivity contribution >= 4 is 39.9 Å². The Morgan fingerprint density at radius 1 is 0.973 bits per heavy atom. The SMILES string of the molecule is CC(C)(C)OC(=N)n1ccc(O[Si](C)(C)C(C)(C)C)c1C(C#C[Si](C)(C)C)OC(=S)Oc1ccccc1. The van der Waals surface area contributed by atoms with Gasteiger partial charge in [0.2, 0.25) is 6.10 Å². The molecule has 2 aromatic rings. The van der Waals surface area contributed by atoms with Gasteiger partial charge in [-0.1, -0.05) is 64.5 Å². The molecular formula is C28H42N2O4SSi2. The lowest BCUT2D eigenvalue weighted by molar-refractivity contribution is 0.106. The lowest BCUT2D eigenvalue weighted by Gasteiger charge is -2.36. The maximum atomic E-state index is 8.74. The van der Waals surface area contributed by atoms with Gasteiger partial charge in [-0.15, -0.1) is 5.54 Å². The smallest absolute Gasteiger partial charge is 0.359 e. The molecule has 37 heavy (non-hydrogen) atoms. The number of para-hydroxylation sites is 1. The fourth-order valence-electron chi connectivity index (χ4n) is 2.85. The van der Waals surface area contributed by atoms with Crippen LogP contribution in [0.3, 0.4) is 0 Å². The molecule has 0 saturated heterocycles. The van der Waals surface area contributed by atoms with Crippen molar-refractivity contribution in [3.63, 3.8) is 0 Å². The van der Waals surface area contributed by atoms with Crippen molar-refractivity contribution < 1.29 is 18.6 Å². The minimum absolute atomic E-state index is 0.0339. The van der Waals surface area contributed by atoms with Crippen LogP contribution >= 0.6 is 12.2 Å². The molecule has 0 saturated carbocycles. The van der Waals surface area contributed by atoms with Gasteiger partial charge in [0.1, 0.15) is 30.9 Å². The standard InChI is InChI=1S/C28H42N2O4SSi2/c1-27(2,3)33-25(29)30-19-17-23(34-37(10,11)28(4,5)6)24(30)22(18-20-36(7,8)9)32-26(35)31-21-15-13-12-14-16-21/h12-17,19,22,29H,1-11H3. The highest BCUT2D eigenvalue weighted by Crippen LogP contribution is 2.40. The van der Waals surface area contributed by atoms with E-state index in [2.05, 4.69) is 65.0 Å². The largest absolute Gasteiger partial charge is 0.542 e. The summed E-state index contributed by atoms with van der Waals surface area (Å²) in [5, 5.41) is 8.65. The zero-order chi connectivity index (χ0) is 28.2. The topological polar surface area (TPSA) is 65.7 Å². The number of nitrogens with zero attached hydrogens (tertiary/aromatic N) is 1. The number of hydrogen-bond donors (Lipinski definition) is 1. The third-order valence-electron chi connectivity index (χ3n) is 5.67. The first-order valence-electron chi connectivity index (χ1n) is 12.4. The molecule has 9 heteroatoms. The van der Waals surface area contributed by atoms with Crippen LogP contribution in [0.1, 0.15) is 53.3 Å². The fraction of sp³-hybridized carbons (Fsp3) is 0.500. The molecule has 0 amide bonds. The van der Waals surface area contributed by atoms with Gasteiger partial charge in [0.25, 0.3) is 14.3 Å². The van der Waals surface area contributed by atoms with Crippen LogP contribution in [0, 0.1) is 16.9 Å². The average molecular weight is 559 g/mol. The van der Waals surface area contributed by atoms with E-state index < -0.39 is 28.1 Å². The summed E-state index contributed by atoms with van der Waals surface area (Å²) in [6.45, 7) is 23.1. The summed E-state index contributed by atoms with van der Waals surface area (Å²) < 4.78 is 26.2. The summed E-state index contributed by atoms with van der Waals surface area (Å²) in [6.07, 6.45) is 0.932. The summed E-state index contributed by atoms with van der Waals surface area (Å²) in [5.74, 6) is 4.46. The number of rotatable bonds is 5. The molecule has 0 aliphatic rings. The van der Waals surface area contributed by atoms with Crippen molar-refractivity contribution in [2.75, 3.05) is 0 Å². The number of aromatic nitrogens is 1. The quantitative estimate of drug-likeness (QED) is 0.133. The minimum atomic E-state index is -2.24. The van der Waals surface area contributed by atoms with E-state index >= 15 is 0 Å². The summed E-state index contributed by atoms with van der Waals surface area (Å²) in [4.78, 5) is 0. The molecule has 2 rings (SSSR count). The van der Waals surface area contributed by atoms with Crippen LogP contribution in [0.15, 0.2) is 42.6 Å². The van der Waals surface area contributed by atoms with Gasteiger partial charge in [0, 0.05) is 18.4 Å². The van der Waals surface area contributed by atoms with Crippen LogP contribution in [-0.4, -0.2) is 37.8 Å². The molecule has 1 aromatic heterocycles. The first kappa shape index (κ1) is 30.7. The van der Waals surface area contributed by atoms with Gasteiger partial charge in [-0.3, -0.25) is 9.98 Å². The number of hydrogen-bond acceptors (Lipinski definition) is 6. The van der Waals surface area contributed by atoms with Crippen LogP contribution in [0.25, 0.3) is 0 Å². The van der Waals surface area contributed by atoms with Crippen LogP contribution in [-0.2, 0) is 9.47 Å². The van der Waals surface area contributed by atoms with E-state index in [1.807, 2.05) is 45.0 Å². The maximum Gasteiger partial charge on any atom is 0.359 e. The Balaban J connectivity index is 2.62. The first-order valence-corrected chi connectivity index (χ1v) is 19.3. The molecule has 1 N–H and O–H groups in total. The highest BCUT2D eigenvalue weighted by Gasteiger charge is 2.40. The van der Waals surface area contributed by atoms with Crippen molar-refractivity contribution in [1.82, 2.24) is 4.57 Å². The summed E-state index contributed by atoms with van der Waals surface area (Å²) in [6, 6.07) is 11.0. The lowest BCUT2D eigenvalue weighted by atomic mass is 10.2. The number of nitrogens with one attached hydrogen (secondary N) is 1. The number of benzene rings is 1. The molecule has 0 bridgehead atoms. The van der Waals surface area contributed by atoms with Crippen LogP contribution in [0.4, 0.5) is 0 Å². The van der Waals surface area contributed by atoms with E-state index in [0.717, 1.165) is 0 Å². The minimum Gasteiger partial charge on any atom is -0.542 e. The average Bonchev–Trinajstić information content (AvgIpc) is 3.12. The second kappa shape index (κ2) is 11.5. The van der Waals surface area contributed by atoms with Gasteiger partial charge in [-0.25, -0.2) is 0 Å². The molecular weight excluding hydrogens is 517 g/mol. The van der Waals surface area contributed by atoms with E-state index in [1.54, 1.807) is 22.9 Å². The third kappa shape index (κ3) is 9.36. The van der Waals surface area contributed by atoms with E-state index in [9.17, 15) is 0 Å². The monoisotopic (exact) mass is 558 g/mol. The van der Waals surface area contributed by atoms with Crippen molar-refractivity contribution in [3.8, 4) is 23.0 Å². The summed E-state index contributed by atoms with van der Waals surface area (Å²) in [7, 11) is -4.02. The number of thiocarbonyl (C=S) groups is 1. The molecule has 0 aliphatic carbocycles. The fourth-order valence-corrected chi connectivity index (χ4v) is 4.64. The summed E-state index contributed by atoms with van der Waals surface area (Å²) in [5.41, 5.74) is 3.39. The van der Waals surface area contributed by atoms with Crippen molar-refractivity contribution in [1.29, 1.82) is 5.41 Å². The van der Waals surface area contributed by atoms with Crippen molar-refractivity contribution in [2.24, 2.45) is 0 Å². The highest BCUT2D eigenvalue weighted by molar-refractivity contribution is 7.79. The molecule has 0 radical (unpaired) electrons. The van der Waals surface area contributed by atoms with Crippen LogP contribution in [0.5, 0.6) is 11.5 Å². The van der Waals surface area contributed by atoms with E-state index in [1.165, 1.54) is 0 Å². The van der Waals surface area contributed by atoms with Gasteiger partial charge >= 0.3 is 5.24 Å². The van der Waals surface area contributed by atoms with Gasteiger partial charge < -0.3 is 18.6 Å². The lowest BCUT2D eigenvalue weighted by Crippen LogP contribution is -2.44. The second-order valence-electron chi connectivity index (χ2n) is 12.5.